The zero-order chi connectivity index (χ0) is 13.1. The van der Waals surface area contributed by atoms with Gasteiger partial charge in [-0.1, -0.05) is 48.5 Å². The molecular weight excluding hydrogens is 238 g/mol. The quantitative estimate of drug-likeness (QED) is 0.386. The van der Waals surface area contributed by atoms with Gasteiger partial charge in [0.25, 0.3) is 0 Å². The average molecular weight is 247 g/mol. The Hall–Kier alpha value is -2.91. The van der Waals surface area contributed by atoms with Crippen LogP contribution in [0.4, 0.5) is 5.82 Å². The molecule has 0 fully saturated rings. The number of para-hydroxylation sites is 1. The molecule has 0 aliphatic carbocycles. The third-order valence-corrected chi connectivity index (χ3v) is 2.75. The minimum Gasteiger partial charge on any atom is -0.228 e. The van der Waals surface area contributed by atoms with E-state index in [0.29, 0.717) is 11.6 Å². The molecule has 0 saturated heterocycles. The van der Waals surface area contributed by atoms with E-state index >= 15 is 0 Å². The highest BCUT2D eigenvalue weighted by Crippen LogP contribution is 2.26. The number of benzene rings is 2. The van der Waals surface area contributed by atoms with Crippen molar-refractivity contribution in [2.45, 2.75) is 0 Å². The van der Waals surface area contributed by atoms with Crippen molar-refractivity contribution < 1.29 is 0 Å². The molecule has 0 spiro atoms. The third-order valence-electron chi connectivity index (χ3n) is 2.75. The molecule has 0 radical (unpaired) electrons. The van der Waals surface area contributed by atoms with Crippen molar-refractivity contribution in [1.29, 1.82) is 0 Å². The molecule has 1 aromatic heterocycles. The number of hydrogen-bond donors (Lipinski definition) is 0. The largest absolute Gasteiger partial charge is 0.228 e. The maximum absolute atomic E-state index is 8.64. The minimum atomic E-state index is 0.354. The molecule has 5 nitrogen and oxygen atoms in total. The van der Waals surface area contributed by atoms with E-state index in [4.69, 9.17) is 5.53 Å². The SMILES string of the molecule is [N-]=[N+]=Nc1nc(-c2ccccc2)nc2ccccc12. The Morgan fingerprint density at radius 1 is 0.895 bits per heavy atom. The van der Waals surface area contributed by atoms with E-state index in [1.165, 1.54) is 0 Å². The van der Waals surface area contributed by atoms with Crippen LogP contribution in [0.2, 0.25) is 0 Å². The molecule has 19 heavy (non-hydrogen) atoms. The van der Waals surface area contributed by atoms with Crippen LogP contribution in [0.5, 0.6) is 0 Å². The van der Waals surface area contributed by atoms with Gasteiger partial charge in [0.2, 0.25) is 0 Å². The Kier molecular flexibility index (Phi) is 2.80. The first kappa shape index (κ1) is 11.2. The summed E-state index contributed by atoms with van der Waals surface area (Å²) < 4.78 is 0. The zero-order valence-corrected chi connectivity index (χ0v) is 9.93. The highest BCUT2D eigenvalue weighted by Gasteiger charge is 2.07. The Morgan fingerprint density at radius 3 is 2.42 bits per heavy atom. The molecule has 0 aliphatic heterocycles. The summed E-state index contributed by atoms with van der Waals surface area (Å²) in [7, 11) is 0. The van der Waals surface area contributed by atoms with Gasteiger partial charge in [-0.3, -0.25) is 0 Å². The van der Waals surface area contributed by atoms with Crippen molar-refractivity contribution in [1.82, 2.24) is 9.97 Å². The maximum atomic E-state index is 8.64. The molecule has 3 aromatic rings. The minimum absolute atomic E-state index is 0.354. The lowest BCUT2D eigenvalue weighted by Crippen LogP contribution is -1.90. The van der Waals surface area contributed by atoms with Crippen molar-refractivity contribution in [2.24, 2.45) is 5.11 Å². The molecule has 0 aliphatic rings. The van der Waals surface area contributed by atoms with Gasteiger partial charge >= 0.3 is 0 Å². The van der Waals surface area contributed by atoms with E-state index in [0.717, 1.165) is 16.5 Å². The molecule has 5 heteroatoms. The number of fused-ring (bicyclic) bond motifs is 1. The summed E-state index contributed by atoms with van der Waals surface area (Å²) in [6, 6.07) is 17.1. The highest BCUT2D eigenvalue weighted by molar-refractivity contribution is 5.89. The van der Waals surface area contributed by atoms with Crippen molar-refractivity contribution in [3.8, 4) is 11.4 Å². The van der Waals surface area contributed by atoms with Gasteiger partial charge in [0.15, 0.2) is 5.82 Å². The van der Waals surface area contributed by atoms with Crippen LogP contribution < -0.4 is 0 Å². The average Bonchev–Trinajstić information content (AvgIpc) is 2.48. The molecule has 0 saturated carbocycles. The Morgan fingerprint density at radius 2 is 1.63 bits per heavy atom. The van der Waals surface area contributed by atoms with Crippen molar-refractivity contribution in [2.75, 3.05) is 0 Å². The lowest BCUT2D eigenvalue weighted by atomic mass is 10.2. The van der Waals surface area contributed by atoms with Crippen LogP contribution in [0.3, 0.4) is 0 Å². The fourth-order valence-corrected chi connectivity index (χ4v) is 1.89. The summed E-state index contributed by atoms with van der Waals surface area (Å²) in [5.74, 6) is 0.911. The number of hydrogen-bond acceptors (Lipinski definition) is 3. The second-order valence-electron chi connectivity index (χ2n) is 3.94. The lowest BCUT2D eigenvalue weighted by Gasteiger charge is -2.04. The predicted octanol–water partition coefficient (Wildman–Crippen LogP) is 4.24. The summed E-state index contributed by atoms with van der Waals surface area (Å²) in [5.41, 5.74) is 10.3. The molecule has 0 bridgehead atoms. The number of rotatable bonds is 2. The predicted molar refractivity (Wildman–Crippen MR) is 73.8 cm³/mol. The molecule has 1 heterocycles. The highest BCUT2D eigenvalue weighted by atomic mass is 15.2. The molecule has 2 aromatic carbocycles. The van der Waals surface area contributed by atoms with Crippen molar-refractivity contribution >= 4 is 16.7 Å². The Bertz CT molecular complexity index is 776. The van der Waals surface area contributed by atoms with Crippen LogP contribution in [0.15, 0.2) is 59.7 Å². The normalized spacial score (nSPS) is 10.1. The van der Waals surface area contributed by atoms with Gasteiger partial charge in [-0.25, -0.2) is 9.97 Å². The van der Waals surface area contributed by atoms with Crippen LogP contribution in [0.25, 0.3) is 32.7 Å². The first-order valence-electron chi connectivity index (χ1n) is 5.76. The molecule has 0 amide bonds. The van der Waals surface area contributed by atoms with Crippen molar-refractivity contribution in [3.05, 3.63) is 65.0 Å². The van der Waals surface area contributed by atoms with Crippen LogP contribution in [0.1, 0.15) is 0 Å². The van der Waals surface area contributed by atoms with Gasteiger partial charge in [0, 0.05) is 15.9 Å². The second-order valence-corrected chi connectivity index (χ2v) is 3.94. The molecule has 0 unspecified atom stereocenters. The molecule has 3 rings (SSSR count). The molecule has 0 atom stereocenters. The van der Waals surface area contributed by atoms with E-state index in [-0.39, 0.29) is 0 Å². The van der Waals surface area contributed by atoms with Gasteiger partial charge < -0.3 is 0 Å². The summed E-state index contributed by atoms with van der Waals surface area (Å²) in [6.45, 7) is 0. The standard InChI is InChI=1S/C14H9N5/c15-19-18-14-11-8-4-5-9-12(11)16-13(17-14)10-6-2-1-3-7-10/h1-9H. The van der Waals surface area contributed by atoms with Crippen LogP contribution in [-0.2, 0) is 0 Å². The third kappa shape index (κ3) is 2.10. The summed E-state index contributed by atoms with van der Waals surface area (Å²) in [5, 5.41) is 4.40. The fourth-order valence-electron chi connectivity index (χ4n) is 1.89. The number of azide groups is 1. The van der Waals surface area contributed by atoms with E-state index in [1.807, 2.05) is 54.6 Å². The monoisotopic (exact) mass is 247 g/mol. The van der Waals surface area contributed by atoms with E-state index < -0.39 is 0 Å². The first-order valence-corrected chi connectivity index (χ1v) is 5.76. The Labute approximate surface area is 109 Å². The van der Waals surface area contributed by atoms with Gasteiger partial charge in [-0.15, -0.1) is 0 Å². The fraction of sp³-hybridized carbons (Fsp3) is 0. The number of nitrogens with zero attached hydrogens (tertiary/aromatic N) is 5. The van der Waals surface area contributed by atoms with E-state index in [9.17, 15) is 0 Å². The van der Waals surface area contributed by atoms with Crippen LogP contribution in [0, 0.1) is 0 Å². The topological polar surface area (TPSA) is 74.5 Å². The summed E-state index contributed by atoms with van der Waals surface area (Å²) in [6.07, 6.45) is 0. The number of aromatic nitrogens is 2. The van der Waals surface area contributed by atoms with Gasteiger partial charge in [0.05, 0.1) is 5.52 Å². The van der Waals surface area contributed by atoms with Crippen LogP contribution >= 0.6 is 0 Å². The summed E-state index contributed by atoms with van der Waals surface area (Å²) in [4.78, 5) is 11.6. The van der Waals surface area contributed by atoms with E-state index in [1.54, 1.807) is 0 Å². The molecule has 0 N–H and O–H groups in total. The van der Waals surface area contributed by atoms with Crippen molar-refractivity contribution in [3.63, 3.8) is 0 Å². The zero-order valence-electron chi connectivity index (χ0n) is 9.93. The van der Waals surface area contributed by atoms with Gasteiger partial charge in [0.1, 0.15) is 5.82 Å². The smallest absolute Gasteiger partial charge is 0.160 e. The van der Waals surface area contributed by atoms with E-state index in [2.05, 4.69) is 20.0 Å². The van der Waals surface area contributed by atoms with Gasteiger partial charge in [-0.2, -0.15) is 0 Å². The molecule has 90 valence electrons. The Balaban J connectivity index is 2.31. The van der Waals surface area contributed by atoms with Crippen LogP contribution in [-0.4, -0.2) is 9.97 Å². The summed E-state index contributed by atoms with van der Waals surface area (Å²) >= 11 is 0. The second kappa shape index (κ2) is 4.76. The first-order chi connectivity index (χ1) is 9.38. The maximum Gasteiger partial charge on any atom is 0.160 e. The van der Waals surface area contributed by atoms with Gasteiger partial charge in [-0.05, 0) is 16.7 Å². The lowest BCUT2D eigenvalue weighted by molar-refractivity contribution is 1.20. The molecular formula is C14H9N5.